The second-order valence-electron chi connectivity index (χ2n) is 3.66. The van der Waals surface area contributed by atoms with Crippen LogP contribution in [-0.4, -0.2) is 58.4 Å². The van der Waals surface area contributed by atoms with Gasteiger partial charge in [-0.1, -0.05) is 0 Å². The van der Waals surface area contributed by atoms with E-state index in [0.717, 1.165) is 19.4 Å². The quantitative estimate of drug-likeness (QED) is 0.678. The van der Waals surface area contributed by atoms with Crippen molar-refractivity contribution in [1.29, 1.82) is 0 Å². The summed E-state index contributed by atoms with van der Waals surface area (Å²) in [7, 11) is -1.42. The number of sulfonamides is 1. The first-order chi connectivity index (χ1) is 7.17. The van der Waals surface area contributed by atoms with Crippen LogP contribution in [0, 0.1) is 0 Å². The molecule has 1 rings (SSSR count). The van der Waals surface area contributed by atoms with Gasteiger partial charge in [0.05, 0.1) is 5.75 Å². The summed E-state index contributed by atoms with van der Waals surface area (Å²) in [5.74, 6) is 0.208. The van der Waals surface area contributed by atoms with Crippen molar-refractivity contribution in [3.8, 4) is 0 Å². The van der Waals surface area contributed by atoms with Crippen LogP contribution >= 0.6 is 0 Å². The van der Waals surface area contributed by atoms with Gasteiger partial charge in [0.1, 0.15) is 0 Å². The molecule has 0 aromatic carbocycles. The predicted molar refractivity (Wildman–Crippen MR) is 59.3 cm³/mol. The van der Waals surface area contributed by atoms with Crippen LogP contribution in [0.1, 0.15) is 12.8 Å². The fourth-order valence-electron chi connectivity index (χ4n) is 1.61. The van der Waals surface area contributed by atoms with Gasteiger partial charge in [0.2, 0.25) is 10.0 Å². The first kappa shape index (κ1) is 12.9. The van der Waals surface area contributed by atoms with Gasteiger partial charge in [-0.15, -0.1) is 0 Å². The number of nitrogens with zero attached hydrogens (tertiary/aromatic N) is 1. The summed E-state index contributed by atoms with van der Waals surface area (Å²) >= 11 is 0. The van der Waals surface area contributed by atoms with Gasteiger partial charge in [-0.2, -0.15) is 0 Å². The molecule has 90 valence electrons. The van der Waals surface area contributed by atoms with E-state index >= 15 is 0 Å². The number of nitrogens with one attached hydrogen (secondary N) is 1. The highest BCUT2D eigenvalue weighted by Gasteiger charge is 2.22. The lowest BCUT2D eigenvalue weighted by Crippen LogP contribution is -2.41. The fraction of sp³-hybridized carbons (Fsp3) is 1.00. The van der Waals surface area contributed by atoms with E-state index < -0.39 is 10.0 Å². The van der Waals surface area contributed by atoms with Crippen LogP contribution in [0.3, 0.4) is 0 Å². The number of hydrogen-bond donors (Lipinski definition) is 1. The van der Waals surface area contributed by atoms with Crippen molar-refractivity contribution >= 4 is 10.0 Å². The number of ether oxygens (including phenoxy) is 1. The molecule has 1 N–H and O–H groups in total. The van der Waals surface area contributed by atoms with E-state index in [0.29, 0.717) is 26.2 Å². The Kier molecular flexibility index (Phi) is 5.52. The SMILES string of the molecule is COCCCN1CCCNCCS1(=O)=O. The Morgan fingerprint density at radius 3 is 2.93 bits per heavy atom. The minimum absolute atomic E-state index is 0.208. The van der Waals surface area contributed by atoms with E-state index in [-0.39, 0.29) is 5.75 Å². The van der Waals surface area contributed by atoms with Gasteiger partial charge in [-0.05, 0) is 19.4 Å². The summed E-state index contributed by atoms with van der Waals surface area (Å²) in [6, 6.07) is 0. The Hall–Kier alpha value is -0.170. The van der Waals surface area contributed by atoms with Crippen LogP contribution in [0.25, 0.3) is 0 Å². The van der Waals surface area contributed by atoms with E-state index in [1.807, 2.05) is 0 Å². The van der Waals surface area contributed by atoms with E-state index in [1.165, 1.54) is 0 Å². The Bertz CT molecular complexity index is 267. The molecule has 6 heteroatoms. The Labute approximate surface area is 91.8 Å². The molecular formula is C9H20N2O3S. The molecule has 0 aromatic rings. The molecule has 0 radical (unpaired) electrons. The van der Waals surface area contributed by atoms with Crippen molar-refractivity contribution in [3.63, 3.8) is 0 Å². The van der Waals surface area contributed by atoms with Gasteiger partial charge in [0, 0.05) is 33.4 Å². The third-order valence-electron chi connectivity index (χ3n) is 2.45. The average Bonchev–Trinajstić information content (AvgIpc) is 2.18. The summed E-state index contributed by atoms with van der Waals surface area (Å²) in [4.78, 5) is 0. The van der Waals surface area contributed by atoms with Crippen molar-refractivity contribution < 1.29 is 13.2 Å². The molecule has 1 aliphatic heterocycles. The van der Waals surface area contributed by atoms with E-state index in [2.05, 4.69) is 5.32 Å². The van der Waals surface area contributed by atoms with E-state index in [4.69, 9.17) is 4.74 Å². The van der Waals surface area contributed by atoms with Gasteiger partial charge >= 0.3 is 0 Å². The van der Waals surface area contributed by atoms with Crippen LogP contribution < -0.4 is 5.32 Å². The second-order valence-corrected chi connectivity index (χ2v) is 5.75. The minimum atomic E-state index is -3.05. The maximum Gasteiger partial charge on any atom is 0.215 e. The van der Waals surface area contributed by atoms with Gasteiger partial charge in [-0.3, -0.25) is 0 Å². The topological polar surface area (TPSA) is 58.6 Å². The van der Waals surface area contributed by atoms with E-state index in [1.54, 1.807) is 11.4 Å². The molecule has 1 fully saturated rings. The lowest BCUT2D eigenvalue weighted by Gasteiger charge is -2.24. The largest absolute Gasteiger partial charge is 0.385 e. The van der Waals surface area contributed by atoms with Gasteiger partial charge < -0.3 is 10.1 Å². The molecule has 0 atom stereocenters. The summed E-state index contributed by atoms with van der Waals surface area (Å²) < 4.78 is 30.1. The normalized spacial score (nSPS) is 23.3. The molecule has 15 heavy (non-hydrogen) atoms. The van der Waals surface area contributed by atoms with Gasteiger partial charge in [0.25, 0.3) is 0 Å². The fourth-order valence-corrected chi connectivity index (χ4v) is 3.09. The van der Waals surface area contributed by atoms with Crippen LogP contribution in [-0.2, 0) is 14.8 Å². The van der Waals surface area contributed by atoms with Crippen molar-refractivity contribution in [2.45, 2.75) is 12.8 Å². The Morgan fingerprint density at radius 1 is 1.40 bits per heavy atom. The first-order valence-corrected chi connectivity index (χ1v) is 6.95. The van der Waals surface area contributed by atoms with Gasteiger partial charge in [-0.25, -0.2) is 12.7 Å². The standard InChI is InChI=1S/C9H20N2O3S/c1-14-8-3-7-11-6-2-4-10-5-9-15(11,12)13/h10H,2-9H2,1H3. The van der Waals surface area contributed by atoms with Crippen LogP contribution in [0.2, 0.25) is 0 Å². The van der Waals surface area contributed by atoms with Gasteiger partial charge in [0.15, 0.2) is 0 Å². The second kappa shape index (κ2) is 6.42. The molecule has 0 saturated carbocycles. The van der Waals surface area contributed by atoms with Crippen molar-refractivity contribution in [2.24, 2.45) is 0 Å². The molecule has 0 bridgehead atoms. The molecule has 5 nitrogen and oxygen atoms in total. The lowest BCUT2D eigenvalue weighted by atomic mass is 10.4. The zero-order valence-corrected chi connectivity index (χ0v) is 10.1. The summed E-state index contributed by atoms with van der Waals surface area (Å²) in [5, 5.41) is 3.10. The van der Waals surface area contributed by atoms with Crippen molar-refractivity contribution in [1.82, 2.24) is 9.62 Å². The Morgan fingerprint density at radius 2 is 2.20 bits per heavy atom. The molecule has 0 spiro atoms. The first-order valence-electron chi connectivity index (χ1n) is 5.34. The summed E-state index contributed by atoms with van der Waals surface area (Å²) in [6.07, 6.45) is 1.65. The molecule has 0 amide bonds. The number of rotatable bonds is 4. The molecule has 0 aliphatic carbocycles. The highest BCUT2D eigenvalue weighted by atomic mass is 32.2. The van der Waals surface area contributed by atoms with E-state index in [9.17, 15) is 8.42 Å². The van der Waals surface area contributed by atoms with Crippen LogP contribution in [0.15, 0.2) is 0 Å². The predicted octanol–water partition coefficient (Wildman–Crippen LogP) is -0.352. The maximum absolute atomic E-state index is 11.8. The molecular weight excluding hydrogens is 216 g/mol. The molecule has 1 saturated heterocycles. The lowest BCUT2D eigenvalue weighted by molar-refractivity contribution is 0.187. The summed E-state index contributed by atoms with van der Waals surface area (Å²) in [5.41, 5.74) is 0. The smallest absolute Gasteiger partial charge is 0.215 e. The van der Waals surface area contributed by atoms with Crippen molar-refractivity contribution in [3.05, 3.63) is 0 Å². The molecule has 1 aliphatic rings. The molecule has 1 heterocycles. The third kappa shape index (κ3) is 4.46. The van der Waals surface area contributed by atoms with Crippen molar-refractivity contribution in [2.75, 3.05) is 45.6 Å². The molecule has 0 aromatic heterocycles. The average molecular weight is 236 g/mol. The maximum atomic E-state index is 11.8. The summed E-state index contributed by atoms with van der Waals surface area (Å²) in [6.45, 7) is 3.28. The molecule has 0 unspecified atom stereocenters. The highest BCUT2D eigenvalue weighted by Crippen LogP contribution is 2.05. The Balaban J connectivity index is 2.48. The highest BCUT2D eigenvalue weighted by molar-refractivity contribution is 7.89. The number of hydrogen-bond acceptors (Lipinski definition) is 4. The minimum Gasteiger partial charge on any atom is -0.385 e. The monoisotopic (exact) mass is 236 g/mol. The zero-order chi connectivity index (χ0) is 11.1. The van der Waals surface area contributed by atoms with Crippen LogP contribution in [0.5, 0.6) is 0 Å². The zero-order valence-electron chi connectivity index (χ0n) is 9.24. The number of methoxy groups -OCH3 is 1. The third-order valence-corrected chi connectivity index (χ3v) is 4.32. The van der Waals surface area contributed by atoms with Crippen LogP contribution in [0.4, 0.5) is 0 Å².